The molecule has 0 spiro atoms. The van der Waals surface area contributed by atoms with Crippen LogP contribution < -0.4 is 10.9 Å². The number of nitrogens with one attached hydrogen (secondary N) is 1. The molecule has 2 heterocycles. The van der Waals surface area contributed by atoms with E-state index >= 15 is 0 Å². The molecule has 7 heteroatoms. The van der Waals surface area contributed by atoms with Crippen LogP contribution >= 0.6 is 0 Å². The molecule has 168 valence electrons. The van der Waals surface area contributed by atoms with E-state index in [9.17, 15) is 14.0 Å². The van der Waals surface area contributed by atoms with Gasteiger partial charge in [-0.15, -0.1) is 0 Å². The van der Waals surface area contributed by atoms with Crippen LogP contribution in [0.15, 0.2) is 57.9 Å². The Labute approximate surface area is 186 Å². The van der Waals surface area contributed by atoms with Crippen molar-refractivity contribution in [3.8, 4) is 0 Å². The number of halogens is 1. The molecule has 1 N–H and O–H groups in total. The number of hydrogen-bond acceptors (Lipinski definition) is 4. The van der Waals surface area contributed by atoms with E-state index < -0.39 is 0 Å². The zero-order chi connectivity index (χ0) is 22.3. The number of furan rings is 1. The van der Waals surface area contributed by atoms with Crippen LogP contribution in [0.3, 0.4) is 0 Å². The third-order valence-electron chi connectivity index (χ3n) is 5.95. The van der Waals surface area contributed by atoms with E-state index in [1.54, 1.807) is 18.4 Å². The largest absolute Gasteiger partial charge is 0.469 e. The second-order valence-electron chi connectivity index (χ2n) is 8.38. The van der Waals surface area contributed by atoms with Crippen LogP contribution in [0.2, 0.25) is 0 Å². The molecule has 0 bridgehead atoms. The molecular formula is C25H28FN3O3. The fourth-order valence-corrected chi connectivity index (χ4v) is 4.28. The van der Waals surface area contributed by atoms with Gasteiger partial charge in [0.05, 0.1) is 12.0 Å². The third-order valence-corrected chi connectivity index (χ3v) is 5.95. The van der Waals surface area contributed by atoms with Crippen molar-refractivity contribution in [3.05, 3.63) is 87.5 Å². The Balaban J connectivity index is 1.48. The fourth-order valence-electron chi connectivity index (χ4n) is 4.28. The number of amides is 1. The summed E-state index contributed by atoms with van der Waals surface area (Å²) < 4.78 is 20.0. The number of nitrogens with zero attached hydrogens (tertiary/aromatic N) is 2. The lowest BCUT2D eigenvalue weighted by Gasteiger charge is -2.22. The average Bonchev–Trinajstić information content (AvgIpc) is 3.30. The number of rotatable bonds is 8. The number of carbonyl (C=O) groups excluding carboxylic acids is 1. The van der Waals surface area contributed by atoms with Crippen LogP contribution in [-0.2, 0) is 24.2 Å². The van der Waals surface area contributed by atoms with Gasteiger partial charge in [-0.2, -0.15) is 5.10 Å². The third kappa shape index (κ3) is 5.72. The molecule has 2 aromatic heterocycles. The average molecular weight is 438 g/mol. The van der Waals surface area contributed by atoms with Gasteiger partial charge in [0.15, 0.2) is 0 Å². The summed E-state index contributed by atoms with van der Waals surface area (Å²) in [5.74, 6) is 0.421. The second-order valence-corrected chi connectivity index (χ2v) is 8.38. The van der Waals surface area contributed by atoms with Crippen LogP contribution in [-0.4, -0.2) is 22.2 Å². The SMILES string of the molecule is O=C(Cn1nc(C2CCCCC2)cc(Cc2ccco2)c1=O)NCCc1cccc(F)c1. The Bertz CT molecular complexity index is 1100. The van der Waals surface area contributed by atoms with Gasteiger partial charge in [0.2, 0.25) is 5.91 Å². The molecule has 0 aliphatic heterocycles. The van der Waals surface area contributed by atoms with E-state index in [4.69, 9.17) is 4.42 Å². The number of carbonyl (C=O) groups is 1. The van der Waals surface area contributed by atoms with Crippen molar-refractivity contribution >= 4 is 5.91 Å². The Morgan fingerprint density at radius 1 is 1.16 bits per heavy atom. The summed E-state index contributed by atoms with van der Waals surface area (Å²) in [4.78, 5) is 25.6. The van der Waals surface area contributed by atoms with Crippen LogP contribution in [0.4, 0.5) is 4.39 Å². The van der Waals surface area contributed by atoms with Gasteiger partial charge < -0.3 is 9.73 Å². The van der Waals surface area contributed by atoms with Gasteiger partial charge in [0, 0.05) is 24.4 Å². The van der Waals surface area contributed by atoms with Crippen molar-refractivity contribution in [3.63, 3.8) is 0 Å². The number of benzene rings is 1. The van der Waals surface area contributed by atoms with Crippen molar-refractivity contribution < 1.29 is 13.6 Å². The monoisotopic (exact) mass is 437 g/mol. The molecule has 1 aromatic carbocycles. The van der Waals surface area contributed by atoms with Crippen molar-refractivity contribution in [1.82, 2.24) is 15.1 Å². The molecule has 0 unspecified atom stereocenters. The highest BCUT2D eigenvalue weighted by atomic mass is 19.1. The van der Waals surface area contributed by atoms with Crippen LogP contribution in [0, 0.1) is 5.82 Å². The fraction of sp³-hybridized carbons (Fsp3) is 0.400. The maximum absolute atomic E-state index is 13.3. The number of aromatic nitrogens is 2. The molecule has 4 rings (SSSR count). The van der Waals surface area contributed by atoms with Crippen molar-refractivity contribution in [2.45, 2.75) is 57.4 Å². The van der Waals surface area contributed by atoms with Crippen LogP contribution in [0.1, 0.15) is 60.6 Å². The van der Waals surface area contributed by atoms with E-state index in [1.165, 1.54) is 23.2 Å². The van der Waals surface area contributed by atoms with Gasteiger partial charge >= 0.3 is 0 Å². The summed E-state index contributed by atoms with van der Waals surface area (Å²) in [5, 5.41) is 7.38. The highest BCUT2D eigenvalue weighted by Crippen LogP contribution is 2.31. The molecular weight excluding hydrogens is 409 g/mol. The molecule has 0 radical (unpaired) electrons. The van der Waals surface area contributed by atoms with E-state index in [0.717, 1.165) is 36.9 Å². The lowest BCUT2D eigenvalue weighted by atomic mass is 9.86. The predicted molar refractivity (Wildman–Crippen MR) is 119 cm³/mol. The topological polar surface area (TPSA) is 77.1 Å². The standard InChI is InChI=1S/C25H28FN3O3/c26-21-9-4-6-18(14-21)11-12-27-24(30)17-29-25(31)20(15-22-10-5-13-32-22)16-23(28-29)19-7-2-1-3-8-19/h4-6,9-10,13-14,16,19H,1-3,7-8,11-12,15,17H2,(H,27,30). The number of hydrogen-bond donors (Lipinski definition) is 1. The first-order valence-corrected chi connectivity index (χ1v) is 11.2. The zero-order valence-electron chi connectivity index (χ0n) is 18.1. The molecule has 1 fully saturated rings. The Kier molecular flexibility index (Phi) is 7.14. The minimum absolute atomic E-state index is 0.145. The molecule has 1 aliphatic rings. The van der Waals surface area contributed by atoms with Crippen LogP contribution in [0.5, 0.6) is 0 Å². The summed E-state index contributed by atoms with van der Waals surface area (Å²) in [5.41, 5.74) is 1.99. The molecule has 1 amide bonds. The second kappa shape index (κ2) is 10.4. The van der Waals surface area contributed by atoms with E-state index in [1.807, 2.05) is 18.2 Å². The Morgan fingerprint density at radius 2 is 2.00 bits per heavy atom. The molecule has 32 heavy (non-hydrogen) atoms. The lowest BCUT2D eigenvalue weighted by Crippen LogP contribution is -2.36. The first kappa shape index (κ1) is 22.0. The maximum atomic E-state index is 13.3. The summed E-state index contributed by atoms with van der Waals surface area (Å²) in [6, 6.07) is 11.8. The zero-order valence-corrected chi connectivity index (χ0v) is 18.1. The van der Waals surface area contributed by atoms with Gasteiger partial charge in [0.1, 0.15) is 18.1 Å². The Hall–Kier alpha value is -3.22. The first-order chi connectivity index (χ1) is 15.6. The minimum Gasteiger partial charge on any atom is -0.469 e. The summed E-state index contributed by atoms with van der Waals surface area (Å²) in [7, 11) is 0. The molecule has 0 saturated heterocycles. The smallest absolute Gasteiger partial charge is 0.270 e. The lowest BCUT2D eigenvalue weighted by molar-refractivity contribution is -0.121. The summed E-state index contributed by atoms with van der Waals surface area (Å²) in [6.45, 7) is 0.215. The molecule has 0 atom stereocenters. The quantitative estimate of drug-likeness (QED) is 0.578. The van der Waals surface area contributed by atoms with E-state index in [2.05, 4.69) is 10.4 Å². The normalized spacial score (nSPS) is 14.4. The van der Waals surface area contributed by atoms with Crippen LogP contribution in [0.25, 0.3) is 0 Å². The van der Waals surface area contributed by atoms with Gasteiger partial charge in [0.25, 0.3) is 5.56 Å². The first-order valence-electron chi connectivity index (χ1n) is 11.2. The minimum atomic E-state index is -0.298. The maximum Gasteiger partial charge on any atom is 0.270 e. The molecule has 1 saturated carbocycles. The Morgan fingerprint density at radius 3 is 2.75 bits per heavy atom. The van der Waals surface area contributed by atoms with Gasteiger partial charge in [-0.3, -0.25) is 9.59 Å². The van der Waals surface area contributed by atoms with E-state index in [-0.39, 0.29) is 23.8 Å². The highest BCUT2D eigenvalue weighted by molar-refractivity contribution is 5.75. The highest BCUT2D eigenvalue weighted by Gasteiger charge is 2.21. The van der Waals surface area contributed by atoms with Gasteiger partial charge in [-0.1, -0.05) is 31.4 Å². The van der Waals surface area contributed by atoms with Crippen molar-refractivity contribution in [2.24, 2.45) is 0 Å². The van der Waals surface area contributed by atoms with Gasteiger partial charge in [-0.25, -0.2) is 9.07 Å². The predicted octanol–water partition coefficient (Wildman–Crippen LogP) is 3.97. The summed E-state index contributed by atoms with van der Waals surface area (Å²) in [6.07, 6.45) is 8.09. The molecule has 6 nitrogen and oxygen atoms in total. The van der Waals surface area contributed by atoms with E-state index in [0.29, 0.717) is 36.6 Å². The van der Waals surface area contributed by atoms with Gasteiger partial charge in [-0.05, 0) is 55.2 Å². The van der Waals surface area contributed by atoms with Crippen molar-refractivity contribution in [2.75, 3.05) is 6.54 Å². The summed E-state index contributed by atoms with van der Waals surface area (Å²) >= 11 is 0. The molecule has 1 aliphatic carbocycles. The van der Waals surface area contributed by atoms with Crippen molar-refractivity contribution in [1.29, 1.82) is 0 Å². The molecule has 3 aromatic rings.